The van der Waals surface area contributed by atoms with Crippen LogP contribution < -0.4 is 9.47 Å². The van der Waals surface area contributed by atoms with Gasteiger partial charge in [-0.1, -0.05) is 11.6 Å². The molecule has 0 fully saturated rings. The summed E-state index contributed by atoms with van der Waals surface area (Å²) in [7, 11) is 3.46. The molecular formula is C18H15ClN2O3. The van der Waals surface area contributed by atoms with Gasteiger partial charge < -0.3 is 9.47 Å². The number of methoxy groups -OCH3 is 1. The van der Waals surface area contributed by atoms with E-state index in [9.17, 15) is 4.79 Å². The van der Waals surface area contributed by atoms with Crippen LogP contribution >= 0.6 is 11.6 Å². The Kier molecular flexibility index (Phi) is 4.53. The van der Waals surface area contributed by atoms with Crippen LogP contribution in [0.15, 0.2) is 48.7 Å². The molecule has 3 rings (SSSR count). The number of aromatic nitrogens is 2. The average Bonchev–Trinajstić information content (AvgIpc) is 2.96. The molecule has 0 bridgehead atoms. The van der Waals surface area contributed by atoms with Crippen molar-refractivity contribution in [1.82, 2.24) is 9.55 Å². The molecule has 0 aliphatic heterocycles. The van der Waals surface area contributed by atoms with Crippen LogP contribution in [0.5, 0.6) is 17.5 Å². The molecular weight excluding hydrogens is 328 g/mol. The number of aldehydes is 1. The zero-order valence-corrected chi connectivity index (χ0v) is 13.9. The predicted octanol–water partition coefficient (Wildman–Crippen LogP) is 4.35. The van der Waals surface area contributed by atoms with Gasteiger partial charge in [0, 0.05) is 23.7 Å². The molecule has 0 spiro atoms. The molecule has 6 heteroatoms. The largest absolute Gasteiger partial charge is 0.468 e. The highest BCUT2D eigenvalue weighted by Gasteiger charge is 2.10. The zero-order chi connectivity index (χ0) is 17.1. The van der Waals surface area contributed by atoms with Gasteiger partial charge in [0.05, 0.1) is 24.6 Å². The van der Waals surface area contributed by atoms with E-state index in [1.165, 1.54) is 0 Å². The molecule has 24 heavy (non-hydrogen) atoms. The first-order valence-corrected chi connectivity index (χ1v) is 7.59. The first kappa shape index (κ1) is 16.1. The van der Waals surface area contributed by atoms with E-state index in [0.717, 1.165) is 17.5 Å². The Bertz CT molecular complexity index is 872. The summed E-state index contributed by atoms with van der Waals surface area (Å²) >= 11 is 5.96. The summed E-state index contributed by atoms with van der Waals surface area (Å²) in [6.07, 6.45) is 2.48. The maximum Gasteiger partial charge on any atom is 0.296 e. The lowest BCUT2D eigenvalue weighted by molar-refractivity contribution is 0.112. The van der Waals surface area contributed by atoms with Gasteiger partial charge in [0.25, 0.3) is 6.01 Å². The summed E-state index contributed by atoms with van der Waals surface area (Å²) in [5.41, 5.74) is 2.34. The van der Waals surface area contributed by atoms with Crippen LogP contribution in [0.1, 0.15) is 10.4 Å². The molecule has 5 nitrogen and oxygen atoms in total. The van der Waals surface area contributed by atoms with Crippen molar-refractivity contribution in [3.63, 3.8) is 0 Å². The Hall–Kier alpha value is -2.79. The summed E-state index contributed by atoms with van der Waals surface area (Å²) in [5.74, 6) is 1.03. The molecule has 0 amide bonds. The Morgan fingerprint density at radius 2 is 1.92 bits per heavy atom. The molecule has 0 atom stereocenters. The monoisotopic (exact) mass is 342 g/mol. The number of halogens is 1. The zero-order valence-electron chi connectivity index (χ0n) is 13.2. The molecule has 0 unspecified atom stereocenters. The molecule has 1 aromatic heterocycles. The smallest absolute Gasteiger partial charge is 0.296 e. The highest BCUT2D eigenvalue weighted by atomic mass is 35.5. The van der Waals surface area contributed by atoms with Gasteiger partial charge >= 0.3 is 0 Å². The van der Waals surface area contributed by atoms with Gasteiger partial charge in [-0.2, -0.15) is 0 Å². The summed E-state index contributed by atoms with van der Waals surface area (Å²) in [5, 5.41) is 0.509. The normalized spacial score (nSPS) is 10.5. The third-order valence-corrected chi connectivity index (χ3v) is 3.84. The number of carbonyl (C=O) groups excluding carboxylic acids is 1. The Labute approximate surface area is 144 Å². The number of hydrogen-bond acceptors (Lipinski definition) is 4. The van der Waals surface area contributed by atoms with Crippen LogP contribution in [0, 0.1) is 0 Å². The van der Waals surface area contributed by atoms with E-state index in [1.54, 1.807) is 31.5 Å². The fourth-order valence-electron chi connectivity index (χ4n) is 2.37. The summed E-state index contributed by atoms with van der Waals surface area (Å²) in [6, 6.07) is 12.9. The van der Waals surface area contributed by atoms with Crippen LogP contribution in [-0.2, 0) is 7.05 Å². The van der Waals surface area contributed by atoms with E-state index < -0.39 is 0 Å². The average molecular weight is 343 g/mol. The van der Waals surface area contributed by atoms with Crippen LogP contribution in [0.4, 0.5) is 0 Å². The first-order chi connectivity index (χ1) is 11.6. The van der Waals surface area contributed by atoms with Gasteiger partial charge in [-0.15, -0.1) is 0 Å². The van der Waals surface area contributed by atoms with Gasteiger partial charge in [-0.3, -0.25) is 9.36 Å². The number of nitrogens with zero attached hydrogens (tertiary/aromatic N) is 2. The topological polar surface area (TPSA) is 53.4 Å². The van der Waals surface area contributed by atoms with Gasteiger partial charge in [0.1, 0.15) is 11.5 Å². The molecule has 0 aliphatic carbocycles. The summed E-state index contributed by atoms with van der Waals surface area (Å²) in [4.78, 5) is 15.3. The molecule has 2 aromatic carbocycles. The van der Waals surface area contributed by atoms with Crippen LogP contribution in [0.2, 0.25) is 5.02 Å². The quantitative estimate of drug-likeness (QED) is 0.647. The second-order valence-corrected chi connectivity index (χ2v) is 5.55. The van der Waals surface area contributed by atoms with Crippen LogP contribution in [-0.4, -0.2) is 22.9 Å². The van der Waals surface area contributed by atoms with Gasteiger partial charge in [-0.05, 0) is 36.4 Å². The molecule has 0 N–H and O–H groups in total. The van der Waals surface area contributed by atoms with E-state index in [2.05, 4.69) is 4.98 Å². The molecule has 0 radical (unpaired) electrons. The van der Waals surface area contributed by atoms with Crippen molar-refractivity contribution in [1.29, 1.82) is 0 Å². The standard InChI is InChI=1S/C18H15ClN2O3/c1-21-16(10-20-18(21)23-2)12-4-7-15(8-5-12)24-17-9-14(19)6-3-13(17)11-22/h3-11H,1-2H3. The third kappa shape index (κ3) is 3.12. The van der Waals surface area contributed by atoms with Gasteiger partial charge in [0.15, 0.2) is 6.29 Å². The van der Waals surface area contributed by atoms with Crippen molar-refractivity contribution < 1.29 is 14.3 Å². The Morgan fingerprint density at radius 1 is 1.17 bits per heavy atom. The van der Waals surface area contributed by atoms with E-state index >= 15 is 0 Å². The SMILES string of the molecule is COc1ncc(-c2ccc(Oc3cc(Cl)ccc3C=O)cc2)n1C. The lowest BCUT2D eigenvalue weighted by Gasteiger charge is -2.10. The van der Waals surface area contributed by atoms with Crippen molar-refractivity contribution in [2.24, 2.45) is 7.05 Å². The minimum Gasteiger partial charge on any atom is -0.468 e. The second kappa shape index (κ2) is 6.76. The predicted molar refractivity (Wildman–Crippen MR) is 92.1 cm³/mol. The highest BCUT2D eigenvalue weighted by molar-refractivity contribution is 6.30. The van der Waals surface area contributed by atoms with Crippen molar-refractivity contribution in [3.8, 4) is 28.8 Å². The lowest BCUT2D eigenvalue weighted by atomic mass is 10.1. The van der Waals surface area contributed by atoms with Crippen molar-refractivity contribution >= 4 is 17.9 Å². The number of imidazole rings is 1. The molecule has 0 saturated heterocycles. The summed E-state index contributed by atoms with van der Waals surface area (Å²) in [6.45, 7) is 0. The molecule has 1 heterocycles. The summed E-state index contributed by atoms with van der Waals surface area (Å²) < 4.78 is 12.8. The molecule has 122 valence electrons. The minimum absolute atomic E-state index is 0.424. The Balaban J connectivity index is 1.86. The second-order valence-electron chi connectivity index (χ2n) is 5.12. The number of benzene rings is 2. The minimum atomic E-state index is 0.424. The first-order valence-electron chi connectivity index (χ1n) is 7.21. The number of ether oxygens (including phenoxy) is 2. The van der Waals surface area contributed by atoms with E-state index in [0.29, 0.717) is 28.1 Å². The van der Waals surface area contributed by atoms with Crippen LogP contribution in [0.25, 0.3) is 11.3 Å². The van der Waals surface area contributed by atoms with Crippen LogP contribution in [0.3, 0.4) is 0 Å². The van der Waals surface area contributed by atoms with Crippen molar-refractivity contribution in [3.05, 3.63) is 59.2 Å². The Morgan fingerprint density at radius 3 is 2.54 bits per heavy atom. The molecule has 0 saturated carbocycles. The number of carbonyl (C=O) groups is 1. The third-order valence-electron chi connectivity index (χ3n) is 3.61. The van der Waals surface area contributed by atoms with Crippen molar-refractivity contribution in [2.75, 3.05) is 7.11 Å². The molecule has 3 aromatic rings. The fourth-order valence-corrected chi connectivity index (χ4v) is 2.53. The maximum absolute atomic E-state index is 11.1. The number of rotatable bonds is 5. The van der Waals surface area contributed by atoms with E-state index in [4.69, 9.17) is 21.1 Å². The van der Waals surface area contributed by atoms with E-state index in [1.807, 2.05) is 35.9 Å². The van der Waals surface area contributed by atoms with Crippen molar-refractivity contribution in [2.45, 2.75) is 0 Å². The van der Waals surface area contributed by atoms with Gasteiger partial charge in [0.2, 0.25) is 0 Å². The highest BCUT2D eigenvalue weighted by Crippen LogP contribution is 2.30. The molecule has 0 aliphatic rings. The van der Waals surface area contributed by atoms with Gasteiger partial charge in [-0.25, -0.2) is 4.98 Å². The van der Waals surface area contributed by atoms with E-state index in [-0.39, 0.29) is 0 Å². The lowest BCUT2D eigenvalue weighted by Crippen LogP contribution is -1.96. The number of hydrogen-bond donors (Lipinski definition) is 0. The maximum atomic E-state index is 11.1. The fraction of sp³-hybridized carbons (Fsp3) is 0.111.